The molecule has 1 heterocycles. The highest BCUT2D eigenvalue weighted by molar-refractivity contribution is 6.30. The SMILES string of the molecule is Cc1cc(Cl)cc(COc2cccc(OCc3ccc4cc(F)ccc4n3)c2)c1OCC#N. The van der Waals surface area contributed by atoms with E-state index in [2.05, 4.69) is 4.98 Å². The molecule has 4 aromatic rings. The lowest BCUT2D eigenvalue weighted by Gasteiger charge is -2.14. The van der Waals surface area contributed by atoms with Crippen LogP contribution < -0.4 is 14.2 Å². The molecule has 0 bridgehead atoms. The normalized spacial score (nSPS) is 10.6. The van der Waals surface area contributed by atoms with E-state index in [1.54, 1.807) is 24.3 Å². The van der Waals surface area contributed by atoms with Crippen molar-refractivity contribution >= 4 is 22.5 Å². The average Bonchev–Trinajstić information content (AvgIpc) is 2.81. The van der Waals surface area contributed by atoms with Crippen LogP contribution in [0.2, 0.25) is 5.02 Å². The fraction of sp³-hybridized carbons (Fsp3) is 0.154. The van der Waals surface area contributed by atoms with Gasteiger partial charge in [-0.25, -0.2) is 9.37 Å². The maximum absolute atomic E-state index is 13.3. The summed E-state index contributed by atoms with van der Waals surface area (Å²) in [6.45, 7) is 2.29. The van der Waals surface area contributed by atoms with E-state index in [0.29, 0.717) is 27.8 Å². The number of fused-ring (bicyclic) bond motifs is 1. The Morgan fingerprint density at radius 3 is 2.52 bits per heavy atom. The minimum atomic E-state index is -0.290. The standard InChI is InChI=1S/C26H20ClFN2O3/c1-17-11-20(27)12-19(26(17)31-10-9-29)15-32-23-3-2-4-24(14-23)33-16-22-7-5-18-13-21(28)6-8-25(18)30-22/h2-8,11-14H,10,15-16H2,1H3. The first-order valence-corrected chi connectivity index (χ1v) is 10.6. The largest absolute Gasteiger partial charge is 0.489 e. The average molecular weight is 463 g/mol. The summed E-state index contributed by atoms with van der Waals surface area (Å²) in [5.41, 5.74) is 3.02. The molecule has 7 heteroatoms. The molecular weight excluding hydrogens is 443 g/mol. The van der Waals surface area contributed by atoms with E-state index < -0.39 is 0 Å². The van der Waals surface area contributed by atoms with Crippen molar-refractivity contribution in [2.75, 3.05) is 6.61 Å². The zero-order valence-corrected chi connectivity index (χ0v) is 18.6. The molecule has 0 amide bonds. The number of nitriles is 1. The first-order chi connectivity index (χ1) is 16.0. The maximum Gasteiger partial charge on any atom is 0.174 e. The number of ether oxygens (including phenoxy) is 3. The number of hydrogen-bond donors (Lipinski definition) is 0. The molecule has 0 atom stereocenters. The molecule has 33 heavy (non-hydrogen) atoms. The Morgan fingerprint density at radius 2 is 1.73 bits per heavy atom. The number of hydrogen-bond acceptors (Lipinski definition) is 5. The first-order valence-electron chi connectivity index (χ1n) is 10.2. The van der Waals surface area contributed by atoms with Gasteiger partial charge in [0.05, 0.1) is 11.2 Å². The third-order valence-corrected chi connectivity index (χ3v) is 5.11. The van der Waals surface area contributed by atoms with Gasteiger partial charge in [-0.1, -0.05) is 23.7 Å². The van der Waals surface area contributed by atoms with E-state index in [-0.39, 0.29) is 25.6 Å². The molecule has 0 spiro atoms. The summed E-state index contributed by atoms with van der Waals surface area (Å²) < 4.78 is 30.7. The summed E-state index contributed by atoms with van der Waals surface area (Å²) in [5, 5.41) is 10.1. The lowest BCUT2D eigenvalue weighted by atomic mass is 10.1. The van der Waals surface area contributed by atoms with Crippen LogP contribution in [0.3, 0.4) is 0 Å². The van der Waals surface area contributed by atoms with Crippen LogP contribution in [0.25, 0.3) is 10.9 Å². The monoisotopic (exact) mass is 462 g/mol. The van der Waals surface area contributed by atoms with Crippen LogP contribution >= 0.6 is 11.6 Å². The van der Waals surface area contributed by atoms with Gasteiger partial charge in [0.15, 0.2) is 6.61 Å². The summed E-state index contributed by atoms with van der Waals surface area (Å²) in [4.78, 5) is 4.51. The second-order valence-corrected chi connectivity index (χ2v) is 7.79. The van der Waals surface area contributed by atoms with Gasteiger partial charge in [-0.2, -0.15) is 5.26 Å². The first kappa shape index (κ1) is 22.4. The van der Waals surface area contributed by atoms with Crippen molar-refractivity contribution in [1.29, 1.82) is 5.26 Å². The number of pyridine rings is 1. The molecule has 0 aliphatic carbocycles. The van der Waals surface area contributed by atoms with E-state index in [9.17, 15) is 4.39 Å². The molecule has 4 rings (SSSR count). The fourth-order valence-electron chi connectivity index (χ4n) is 3.41. The molecular formula is C26H20ClFN2O3. The number of benzene rings is 3. The number of aryl methyl sites for hydroxylation is 1. The van der Waals surface area contributed by atoms with Crippen molar-refractivity contribution in [3.05, 3.63) is 94.4 Å². The van der Waals surface area contributed by atoms with Gasteiger partial charge in [0.1, 0.15) is 42.3 Å². The lowest BCUT2D eigenvalue weighted by molar-refractivity contribution is 0.281. The van der Waals surface area contributed by atoms with Crippen LogP contribution in [0, 0.1) is 24.1 Å². The molecule has 1 aromatic heterocycles. The second-order valence-electron chi connectivity index (χ2n) is 7.35. The number of rotatable bonds is 8. The Balaban J connectivity index is 1.42. The minimum Gasteiger partial charge on any atom is -0.489 e. The van der Waals surface area contributed by atoms with Crippen molar-refractivity contribution in [3.8, 4) is 23.3 Å². The van der Waals surface area contributed by atoms with Crippen LogP contribution in [0.4, 0.5) is 4.39 Å². The number of nitrogens with zero attached hydrogens (tertiary/aromatic N) is 2. The zero-order chi connectivity index (χ0) is 23.2. The summed E-state index contributed by atoms with van der Waals surface area (Å²) in [6.07, 6.45) is 0. The zero-order valence-electron chi connectivity index (χ0n) is 17.8. The Hall–Kier alpha value is -3.82. The molecule has 0 saturated heterocycles. The van der Waals surface area contributed by atoms with Crippen LogP contribution in [-0.2, 0) is 13.2 Å². The predicted molar refractivity (Wildman–Crippen MR) is 124 cm³/mol. The Kier molecular flexibility index (Phi) is 6.92. The third-order valence-electron chi connectivity index (χ3n) is 4.89. The topological polar surface area (TPSA) is 64.4 Å². The Bertz CT molecular complexity index is 1340. The van der Waals surface area contributed by atoms with Crippen LogP contribution in [-0.4, -0.2) is 11.6 Å². The van der Waals surface area contributed by atoms with Crippen LogP contribution in [0.15, 0.2) is 66.7 Å². The Morgan fingerprint density at radius 1 is 0.939 bits per heavy atom. The maximum atomic E-state index is 13.3. The van der Waals surface area contributed by atoms with Gasteiger partial charge in [0.2, 0.25) is 0 Å². The third kappa shape index (κ3) is 5.71. The second kappa shape index (κ2) is 10.2. The predicted octanol–water partition coefficient (Wildman–Crippen LogP) is 6.40. The molecule has 0 saturated carbocycles. The number of aromatic nitrogens is 1. The summed E-state index contributed by atoms with van der Waals surface area (Å²) in [6, 6.07) is 20.9. The molecule has 0 aliphatic rings. The van der Waals surface area contributed by atoms with E-state index in [1.807, 2.05) is 43.3 Å². The minimum absolute atomic E-state index is 0.0590. The summed E-state index contributed by atoms with van der Waals surface area (Å²) in [7, 11) is 0. The molecule has 0 aliphatic heterocycles. The molecule has 0 N–H and O–H groups in total. The van der Waals surface area contributed by atoms with E-state index in [0.717, 1.165) is 22.2 Å². The highest BCUT2D eigenvalue weighted by Crippen LogP contribution is 2.30. The smallest absolute Gasteiger partial charge is 0.174 e. The van der Waals surface area contributed by atoms with Gasteiger partial charge in [0, 0.05) is 22.0 Å². The molecule has 0 fully saturated rings. The van der Waals surface area contributed by atoms with Crippen LogP contribution in [0.5, 0.6) is 17.2 Å². The van der Waals surface area contributed by atoms with E-state index in [1.165, 1.54) is 12.1 Å². The van der Waals surface area contributed by atoms with Crippen molar-refractivity contribution in [3.63, 3.8) is 0 Å². The highest BCUT2D eigenvalue weighted by Gasteiger charge is 2.11. The fourth-order valence-corrected chi connectivity index (χ4v) is 3.70. The van der Waals surface area contributed by atoms with Gasteiger partial charge in [-0.3, -0.25) is 0 Å². The lowest BCUT2D eigenvalue weighted by Crippen LogP contribution is -2.04. The van der Waals surface area contributed by atoms with Gasteiger partial charge in [-0.05, 0) is 61.0 Å². The molecule has 3 aromatic carbocycles. The van der Waals surface area contributed by atoms with Gasteiger partial charge >= 0.3 is 0 Å². The molecule has 166 valence electrons. The van der Waals surface area contributed by atoms with Gasteiger partial charge < -0.3 is 14.2 Å². The van der Waals surface area contributed by atoms with Crippen LogP contribution in [0.1, 0.15) is 16.8 Å². The molecule has 5 nitrogen and oxygen atoms in total. The van der Waals surface area contributed by atoms with E-state index >= 15 is 0 Å². The quantitative estimate of drug-likeness (QED) is 0.303. The van der Waals surface area contributed by atoms with Crippen molar-refractivity contribution < 1.29 is 18.6 Å². The molecule has 0 radical (unpaired) electrons. The molecule has 0 unspecified atom stereocenters. The van der Waals surface area contributed by atoms with Crippen molar-refractivity contribution in [2.45, 2.75) is 20.1 Å². The van der Waals surface area contributed by atoms with Crippen molar-refractivity contribution in [1.82, 2.24) is 4.98 Å². The van der Waals surface area contributed by atoms with E-state index in [4.69, 9.17) is 31.1 Å². The summed E-state index contributed by atoms with van der Waals surface area (Å²) in [5.74, 6) is 1.53. The Labute approximate surface area is 195 Å². The van der Waals surface area contributed by atoms with Gasteiger partial charge in [0.25, 0.3) is 0 Å². The number of halogens is 2. The highest BCUT2D eigenvalue weighted by atomic mass is 35.5. The van der Waals surface area contributed by atoms with Gasteiger partial charge in [-0.15, -0.1) is 0 Å². The summed E-state index contributed by atoms with van der Waals surface area (Å²) >= 11 is 6.19. The van der Waals surface area contributed by atoms with Crippen molar-refractivity contribution in [2.24, 2.45) is 0 Å².